The van der Waals surface area contributed by atoms with Crippen molar-refractivity contribution in [3.8, 4) is 16.8 Å². The highest BCUT2D eigenvalue weighted by molar-refractivity contribution is 6.04. The van der Waals surface area contributed by atoms with Gasteiger partial charge in [0.2, 0.25) is 11.9 Å². The molecule has 0 aliphatic carbocycles. The van der Waals surface area contributed by atoms with Gasteiger partial charge in [0.15, 0.2) is 0 Å². The van der Waals surface area contributed by atoms with Gasteiger partial charge in [-0.05, 0) is 82.2 Å². The van der Waals surface area contributed by atoms with Crippen LogP contribution in [0.5, 0.6) is 0 Å². The fraction of sp³-hybridized carbons (Fsp3) is 0.375. The SMILES string of the molecule is C[C@@H]1CCC[C@H](C)N1C(=O)CCCCCc1cn(-c2ccccc2)c(NC(=O)c2cccc(-c3cn[nH]c3)c2)n1. The predicted molar refractivity (Wildman–Crippen MR) is 157 cm³/mol. The molecular weight excluding hydrogens is 500 g/mol. The van der Waals surface area contributed by atoms with E-state index in [9.17, 15) is 9.59 Å². The normalized spacial score (nSPS) is 17.1. The lowest BCUT2D eigenvalue weighted by Gasteiger charge is -2.39. The zero-order valence-electron chi connectivity index (χ0n) is 23.3. The van der Waals surface area contributed by atoms with Crippen molar-refractivity contribution in [3.05, 3.63) is 84.4 Å². The maximum absolute atomic E-state index is 13.2. The van der Waals surface area contributed by atoms with Gasteiger partial charge in [0, 0.05) is 47.7 Å². The molecule has 2 aromatic carbocycles. The number of unbranched alkanes of at least 4 members (excludes halogenated alkanes) is 2. The lowest BCUT2D eigenvalue weighted by Crippen LogP contribution is -2.47. The smallest absolute Gasteiger partial charge is 0.258 e. The van der Waals surface area contributed by atoms with E-state index < -0.39 is 0 Å². The molecule has 1 aliphatic rings. The largest absolute Gasteiger partial charge is 0.337 e. The third-order valence-corrected chi connectivity index (χ3v) is 7.78. The number of carbonyl (C=O) groups excluding carboxylic acids is 2. The number of piperidine rings is 1. The van der Waals surface area contributed by atoms with Crippen LogP contribution in [0.15, 0.2) is 73.2 Å². The molecule has 0 radical (unpaired) electrons. The number of anilines is 1. The van der Waals surface area contributed by atoms with Crippen LogP contribution in [0.1, 0.15) is 74.8 Å². The maximum Gasteiger partial charge on any atom is 0.258 e. The molecule has 2 atom stereocenters. The number of nitrogens with one attached hydrogen (secondary N) is 2. The van der Waals surface area contributed by atoms with Crippen LogP contribution in [0.3, 0.4) is 0 Å². The number of hydrogen-bond acceptors (Lipinski definition) is 4. The van der Waals surface area contributed by atoms with Gasteiger partial charge in [0.25, 0.3) is 5.91 Å². The van der Waals surface area contributed by atoms with Gasteiger partial charge in [0.05, 0.1) is 11.9 Å². The Hall–Kier alpha value is -4.20. The summed E-state index contributed by atoms with van der Waals surface area (Å²) in [5.74, 6) is 0.553. The first-order valence-electron chi connectivity index (χ1n) is 14.3. The van der Waals surface area contributed by atoms with Crippen molar-refractivity contribution in [1.82, 2.24) is 24.6 Å². The highest BCUT2D eigenvalue weighted by Crippen LogP contribution is 2.25. The van der Waals surface area contributed by atoms with Crippen molar-refractivity contribution < 1.29 is 9.59 Å². The number of nitrogens with zero attached hydrogens (tertiary/aromatic N) is 4. The predicted octanol–water partition coefficient (Wildman–Crippen LogP) is 6.41. The third kappa shape index (κ3) is 6.50. The van der Waals surface area contributed by atoms with E-state index in [1.54, 1.807) is 18.5 Å². The lowest BCUT2D eigenvalue weighted by molar-refractivity contribution is -0.137. The van der Waals surface area contributed by atoms with Crippen molar-refractivity contribution in [2.75, 3.05) is 5.32 Å². The highest BCUT2D eigenvalue weighted by Gasteiger charge is 2.28. The van der Waals surface area contributed by atoms with Crippen LogP contribution < -0.4 is 5.32 Å². The number of imidazole rings is 1. The minimum atomic E-state index is -0.223. The second-order valence-electron chi connectivity index (χ2n) is 10.8. The van der Waals surface area contributed by atoms with Gasteiger partial charge >= 0.3 is 0 Å². The van der Waals surface area contributed by atoms with Crippen molar-refractivity contribution in [2.24, 2.45) is 0 Å². The first-order valence-corrected chi connectivity index (χ1v) is 14.3. The minimum Gasteiger partial charge on any atom is -0.337 e. The van der Waals surface area contributed by atoms with E-state index in [0.717, 1.165) is 61.0 Å². The number of likely N-dealkylation sites (tertiary alicyclic amines) is 1. The number of H-pyrrole nitrogens is 1. The molecule has 0 bridgehead atoms. The zero-order valence-corrected chi connectivity index (χ0v) is 23.3. The molecule has 5 rings (SSSR count). The summed E-state index contributed by atoms with van der Waals surface area (Å²) < 4.78 is 1.93. The van der Waals surface area contributed by atoms with E-state index in [1.807, 2.05) is 59.3 Å². The van der Waals surface area contributed by atoms with Gasteiger partial charge in [-0.2, -0.15) is 5.10 Å². The number of aryl methyl sites for hydroxylation is 1. The van der Waals surface area contributed by atoms with Crippen LogP contribution in [0.4, 0.5) is 5.95 Å². The molecule has 3 heterocycles. The number of carbonyl (C=O) groups is 2. The molecule has 8 nitrogen and oxygen atoms in total. The molecule has 1 fully saturated rings. The number of rotatable bonds is 10. The van der Waals surface area contributed by atoms with Gasteiger partial charge in [-0.25, -0.2) is 4.98 Å². The van der Waals surface area contributed by atoms with E-state index in [2.05, 4.69) is 34.3 Å². The van der Waals surface area contributed by atoms with Crippen LogP contribution >= 0.6 is 0 Å². The molecular formula is C32H38N6O2. The van der Waals surface area contributed by atoms with Crippen LogP contribution in [0, 0.1) is 0 Å². The van der Waals surface area contributed by atoms with Crippen molar-refractivity contribution in [1.29, 1.82) is 0 Å². The molecule has 2 amide bonds. The summed E-state index contributed by atoms with van der Waals surface area (Å²) in [6.45, 7) is 4.34. The quantitative estimate of drug-likeness (QED) is 0.228. The molecule has 40 heavy (non-hydrogen) atoms. The zero-order chi connectivity index (χ0) is 27.9. The molecule has 0 saturated carbocycles. The van der Waals surface area contributed by atoms with E-state index in [-0.39, 0.29) is 11.8 Å². The second-order valence-corrected chi connectivity index (χ2v) is 10.8. The molecule has 208 valence electrons. The van der Waals surface area contributed by atoms with Gasteiger partial charge in [0.1, 0.15) is 0 Å². The average molecular weight is 539 g/mol. The summed E-state index contributed by atoms with van der Waals surface area (Å²) in [6, 6.07) is 18.0. The van der Waals surface area contributed by atoms with Gasteiger partial charge in [-0.15, -0.1) is 0 Å². The summed E-state index contributed by atoms with van der Waals surface area (Å²) in [5, 5.41) is 9.83. The van der Waals surface area contributed by atoms with E-state index in [4.69, 9.17) is 4.98 Å². The third-order valence-electron chi connectivity index (χ3n) is 7.78. The standard InChI is InChI=1S/C32H38N6O2/c1-23-11-9-12-24(2)38(23)30(39)18-8-3-5-15-28-22-37(29-16-6-4-7-17-29)32(35-28)36-31(40)26-14-10-13-25(19-26)27-20-33-34-21-27/h4,6-7,10,13-14,16-17,19-24H,3,5,8-9,11-12,15,18H2,1-2H3,(H,33,34)(H,35,36,40)/t23-,24+. The molecule has 8 heteroatoms. The topological polar surface area (TPSA) is 95.9 Å². The number of benzene rings is 2. The molecule has 0 spiro atoms. The van der Waals surface area contributed by atoms with E-state index in [1.165, 1.54) is 6.42 Å². The van der Waals surface area contributed by atoms with Crippen molar-refractivity contribution >= 4 is 17.8 Å². The number of hydrogen-bond donors (Lipinski definition) is 2. The Morgan fingerprint density at radius 3 is 2.52 bits per heavy atom. The summed E-state index contributed by atoms with van der Waals surface area (Å²) in [7, 11) is 0. The Morgan fingerprint density at radius 2 is 1.77 bits per heavy atom. The minimum absolute atomic E-state index is 0.223. The van der Waals surface area contributed by atoms with Gasteiger partial charge < -0.3 is 4.90 Å². The lowest BCUT2D eigenvalue weighted by atomic mass is 9.96. The monoisotopic (exact) mass is 538 g/mol. The second kappa shape index (κ2) is 12.8. The van der Waals surface area contributed by atoms with Gasteiger partial charge in [-0.1, -0.05) is 36.8 Å². The fourth-order valence-corrected chi connectivity index (χ4v) is 5.65. The summed E-state index contributed by atoms with van der Waals surface area (Å²) in [6.07, 6.45) is 13.1. The van der Waals surface area contributed by atoms with Crippen LogP contribution in [-0.2, 0) is 11.2 Å². The molecule has 2 N–H and O–H groups in total. The number of aromatic amines is 1. The van der Waals surface area contributed by atoms with Crippen molar-refractivity contribution in [2.45, 2.75) is 77.3 Å². The number of aromatic nitrogens is 4. The Kier molecular flexibility index (Phi) is 8.74. The summed E-state index contributed by atoms with van der Waals surface area (Å²) in [4.78, 5) is 33.0. The van der Waals surface area contributed by atoms with Crippen LogP contribution in [-0.4, -0.2) is 48.5 Å². The van der Waals surface area contributed by atoms with Crippen LogP contribution in [0.2, 0.25) is 0 Å². The van der Waals surface area contributed by atoms with Gasteiger partial charge in [-0.3, -0.25) is 24.6 Å². The molecule has 2 aromatic heterocycles. The first kappa shape index (κ1) is 27.4. The summed E-state index contributed by atoms with van der Waals surface area (Å²) in [5.41, 5.74) is 4.22. The van der Waals surface area contributed by atoms with Crippen LogP contribution in [0.25, 0.3) is 16.8 Å². The fourth-order valence-electron chi connectivity index (χ4n) is 5.65. The Morgan fingerprint density at radius 1 is 0.975 bits per heavy atom. The maximum atomic E-state index is 13.2. The molecule has 0 unspecified atom stereocenters. The molecule has 1 aliphatic heterocycles. The average Bonchev–Trinajstić information content (AvgIpc) is 3.64. The Balaban J connectivity index is 1.22. The van der Waals surface area contributed by atoms with E-state index >= 15 is 0 Å². The Labute approximate surface area is 235 Å². The summed E-state index contributed by atoms with van der Waals surface area (Å²) >= 11 is 0. The number of para-hydroxylation sites is 1. The highest BCUT2D eigenvalue weighted by atomic mass is 16.2. The Bertz CT molecular complexity index is 1400. The van der Waals surface area contributed by atoms with E-state index in [0.29, 0.717) is 30.0 Å². The molecule has 4 aromatic rings. The molecule has 1 saturated heterocycles. The first-order chi connectivity index (χ1) is 19.5. The van der Waals surface area contributed by atoms with Crippen molar-refractivity contribution in [3.63, 3.8) is 0 Å². The number of amides is 2.